The lowest BCUT2D eigenvalue weighted by molar-refractivity contribution is 0.200. The molecule has 0 saturated carbocycles. The van der Waals surface area contributed by atoms with Gasteiger partial charge < -0.3 is 4.74 Å². The smallest absolute Gasteiger partial charge is 0.0470 e. The van der Waals surface area contributed by atoms with Crippen LogP contribution in [0.2, 0.25) is 0 Å². The van der Waals surface area contributed by atoms with Gasteiger partial charge in [-0.1, -0.05) is 37.8 Å². The molecule has 1 aromatic rings. The molecule has 0 saturated heterocycles. The summed E-state index contributed by atoms with van der Waals surface area (Å²) >= 11 is 1.97. The van der Waals surface area contributed by atoms with E-state index in [0.29, 0.717) is 0 Å². The second-order valence-electron chi connectivity index (χ2n) is 2.88. The van der Waals surface area contributed by atoms with Gasteiger partial charge in [-0.05, 0) is 17.7 Å². The molecule has 0 aliphatic carbocycles. The van der Waals surface area contributed by atoms with Crippen molar-refractivity contribution in [1.29, 1.82) is 0 Å². The molecule has 1 rings (SSSR count). The molecule has 0 atom stereocenters. The molecule has 1 nitrogen and oxygen atoms in total. The van der Waals surface area contributed by atoms with Crippen LogP contribution in [0.3, 0.4) is 0 Å². The van der Waals surface area contributed by atoms with Crippen LogP contribution in [0.15, 0.2) is 30.3 Å². The maximum Gasteiger partial charge on any atom is 0.0470 e. The first kappa shape index (κ1) is 13.5. The fourth-order valence-electron chi connectivity index (χ4n) is 1.07. The third kappa shape index (κ3) is 6.06. The van der Waals surface area contributed by atoms with Crippen molar-refractivity contribution >= 4 is 11.8 Å². The normalized spacial score (nSPS) is 9.50. The second kappa shape index (κ2) is 9.10. The molecule has 80 valence electrons. The number of hydrogen-bond acceptors (Lipinski definition) is 2. The van der Waals surface area contributed by atoms with Crippen LogP contribution in [0.4, 0.5) is 0 Å². The number of thioether (sulfide) groups is 1. The molecule has 0 aliphatic rings. The molecule has 0 N–H and O–H groups in total. The van der Waals surface area contributed by atoms with Crippen molar-refractivity contribution in [3.05, 3.63) is 35.9 Å². The van der Waals surface area contributed by atoms with Crippen molar-refractivity contribution in [2.75, 3.05) is 19.5 Å². The predicted molar refractivity (Wildman–Crippen MR) is 65.8 cm³/mol. The van der Waals surface area contributed by atoms with E-state index in [9.17, 15) is 0 Å². The highest BCUT2D eigenvalue weighted by molar-refractivity contribution is 7.98. The predicted octanol–water partition coefficient (Wildman–Crippen LogP) is 3.59. The van der Waals surface area contributed by atoms with Crippen LogP contribution in [-0.4, -0.2) is 19.5 Å². The lowest BCUT2D eigenvalue weighted by atomic mass is 10.2. The Balaban J connectivity index is 0.00000169. The molecule has 0 aromatic heterocycles. The number of methoxy groups -OCH3 is 1. The first-order valence-electron chi connectivity index (χ1n) is 4.54. The van der Waals surface area contributed by atoms with Crippen molar-refractivity contribution < 1.29 is 4.74 Å². The zero-order chi connectivity index (χ0) is 9.36. The zero-order valence-electron chi connectivity index (χ0n) is 8.03. The Morgan fingerprint density at radius 1 is 1.21 bits per heavy atom. The SMILES string of the molecule is C.COCCCSCc1ccccc1. The van der Waals surface area contributed by atoms with Gasteiger partial charge in [-0.15, -0.1) is 0 Å². The molecule has 1 aromatic carbocycles. The molecular weight excluding hydrogens is 192 g/mol. The molecule has 0 radical (unpaired) electrons. The summed E-state index contributed by atoms with van der Waals surface area (Å²) in [6.07, 6.45) is 1.15. The lowest BCUT2D eigenvalue weighted by Crippen LogP contribution is -1.90. The molecule has 0 bridgehead atoms. The Bertz CT molecular complexity index is 211. The van der Waals surface area contributed by atoms with E-state index >= 15 is 0 Å². The quantitative estimate of drug-likeness (QED) is 0.666. The van der Waals surface area contributed by atoms with Gasteiger partial charge in [-0.3, -0.25) is 0 Å². The van der Waals surface area contributed by atoms with E-state index in [2.05, 4.69) is 30.3 Å². The van der Waals surface area contributed by atoms with E-state index in [4.69, 9.17) is 4.74 Å². The number of benzene rings is 1. The maximum absolute atomic E-state index is 4.98. The van der Waals surface area contributed by atoms with Gasteiger partial charge >= 0.3 is 0 Å². The second-order valence-corrected chi connectivity index (χ2v) is 3.99. The summed E-state index contributed by atoms with van der Waals surface area (Å²) in [6, 6.07) is 10.6. The van der Waals surface area contributed by atoms with E-state index in [0.717, 1.165) is 18.8 Å². The molecule has 2 heteroatoms. The molecule has 0 aliphatic heterocycles. The third-order valence-corrected chi connectivity index (χ3v) is 2.86. The minimum absolute atomic E-state index is 0. The van der Waals surface area contributed by atoms with Crippen molar-refractivity contribution in [1.82, 2.24) is 0 Å². The molecule has 0 amide bonds. The van der Waals surface area contributed by atoms with Crippen LogP contribution in [-0.2, 0) is 10.5 Å². The number of ether oxygens (including phenoxy) is 1. The van der Waals surface area contributed by atoms with Gasteiger partial charge in [0.1, 0.15) is 0 Å². The van der Waals surface area contributed by atoms with E-state index in [-0.39, 0.29) is 7.43 Å². The first-order chi connectivity index (χ1) is 6.43. The van der Waals surface area contributed by atoms with Crippen molar-refractivity contribution in [2.24, 2.45) is 0 Å². The monoisotopic (exact) mass is 212 g/mol. The lowest BCUT2D eigenvalue weighted by Gasteiger charge is -2.00. The topological polar surface area (TPSA) is 9.23 Å². The number of hydrogen-bond donors (Lipinski definition) is 0. The minimum atomic E-state index is 0. The summed E-state index contributed by atoms with van der Waals surface area (Å²) in [5.74, 6) is 2.30. The third-order valence-electron chi connectivity index (χ3n) is 1.75. The number of rotatable bonds is 6. The van der Waals surface area contributed by atoms with Gasteiger partial charge in [-0.25, -0.2) is 0 Å². The van der Waals surface area contributed by atoms with Crippen molar-refractivity contribution in [3.63, 3.8) is 0 Å². The Morgan fingerprint density at radius 3 is 2.57 bits per heavy atom. The zero-order valence-corrected chi connectivity index (χ0v) is 8.85. The Labute approximate surface area is 91.9 Å². The van der Waals surface area contributed by atoms with E-state index in [1.54, 1.807) is 7.11 Å². The Morgan fingerprint density at radius 2 is 1.93 bits per heavy atom. The Hall–Kier alpha value is -0.470. The van der Waals surface area contributed by atoms with Gasteiger partial charge in [0.25, 0.3) is 0 Å². The highest BCUT2D eigenvalue weighted by Gasteiger charge is 1.91. The fraction of sp³-hybridized carbons (Fsp3) is 0.500. The van der Waals surface area contributed by atoms with Gasteiger partial charge in [0.2, 0.25) is 0 Å². The standard InChI is InChI=1S/C11H16OS.CH4/c1-12-8-5-9-13-10-11-6-3-2-4-7-11;/h2-4,6-7H,5,8-10H2,1H3;1H4. The molecule has 0 fully saturated rings. The average Bonchev–Trinajstić information content (AvgIpc) is 2.19. The van der Waals surface area contributed by atoms with Gasteiger partial charge in [0, 0.05) is 19.5 Å². The van der Waals surface area contributed by atoms with E-state index in [1.807, 2.05) is 11.8 Å². The highest BCUT2D eigenvalue weighted by Crippen LogP contribution is 2.12. The summed E-state index contributed by atoms with van der Waals surface area (Å²) in [5, 5.41) is 0. The van der Waals surface area contributed by atoms with E-state index in [1.165, 1.54) is 11.3 Å². The van der Waals surface area contributed by atoms with Gasteiger partial charge in [-0.2, -0.15) is 11.8 Å². The molecule has 0 heterocycles. The van der Waals surface area contributed by atoms with Gasteiger partial charge in [0.15, 0.2) is 0 Å². The summed E-state index contributed by atoms with van der Waals surface area (Å²) in [4.78, 5) is 0. The average molecular weight is 212 g/mol. The van der Waals surface area contributed by atoms with Crippen LogP contribution in [0.5, 0.6) is 0 Å². The highest BCUT2D eigenvalue weighted by atomic mass is 32.2. The van der Waals surface area contributed by atoms with Crippen LogP contribution < -0.4 is 0 Å². The fourth-order valence-corrected chi connectivity index (χ4v) is 1.96. The summed E-state index contributed by atoms with van der Waals surface area (Å²) < 4.78 is 4.98. The minimum Gasteiger partial charge on any atom is -0.385 e. The molecule has 14 heavy (non-hydrogen) atoms. The maximum atomic E-state index is 4.98. The molecular formula is C12H20OS. The van der Waals surface area contributed by atoms with E-state index < -0.39 is 0 Å². The van der Waals surface area contributed by atoms with Crippen LogP contribution in [0.25, 0.3) is 0 Å². The van der Waals surface area contributed by atoms with Crippen LogP contribution in [0, 0.1) is 0 Å². The molecule has 0 spiro atoms. The van der Waals surface area contributed by atoms with Crippen molar-refractivity contribution in [3.8, 4) is 0 Å². The van der Waals surface area contributed by atoms with Crippen molar-refractivity contribution in [2.45, 2.75) is 19.6 Å². The first-order valence-corrected chi connectivity index (χ1v) is 5.69. The van der Waals surface area contributed by atoms with Gasteiger partial charge in [0.05, 0.1) is 0 Å². The van der Waals surface area contributed by atoms with Crippen LogP contribution >= 0.6 is 11.8 Å². The van der Waals surface area contributed by atoms with Crippen LogP contribution in [0.1, 0.15) is 19.4 Å². The summed E-state index contributed by atoms with van der Waals surface area (Å²) in [6.45, 7) is 0.877. The Kier molecular flexibility index (Phi) is 8.79. The summed E-state index contributed by atoms with van der Waals surface area (Å²) in [5.41, 5.74) is 1.41. The largest absolute Gasteiger partial charge is 0.385 e. The molecule has 0 unspecified atom stereocenters. The summed E-state index contributed by atoms with van der Waals surface area (Å²) in [7, 11) is 1.75.